The zero-order valence-electron chi connectivity index (χ0n) is 12.8. The molecule has 0 aromatic heterocycles. The van der Waals surface area contributed by atoms with Gasteiger partial charge in [0.15, 0.2) is 10.0 Å². The van der Waals surface area contributed by atoms with E-state index in [4.69, 9.17) is 13.3 Å². The van der Waals surface area contributed by atoms with Gasteiger partial charge in [-0.25, -0.2) is 16.8 Å². The van der Waals surface area contributed by atoms with Crippen molar-refractivity contribution in [1.82, 2.24) is 0 Å². The summed E-state index contributed by atoms with van der Waals surface area (Å²) in [5.74, 6) is -1.01. The number of rotatable bonds is 11. The minimum absolute atomic E-state index is 0.129. The van der Waals surface area contributed by atoms with E-state index < -0.39 is 46.2 Å². The predicted molar refractivity (Wildman–Crippen MR) is 77.6 cm³/mol. The molecular formula is C9H19F3NO7S2Si-. The fourth-order valence-electron chi connectivity index (χ4n) is 1.48. The monoisotopic (exact) mass is 402 g/mol. The summed E-state index contributed by atoms with van der Waals surface area (Å²) in [7, 11) is -14.5. The molecule has 0 heterocycles. The van der Waals surface area contributed by atoms with Crippen molar-refractivity contribution in [3.8, 4) is 0 Å². The molecule has 0 atom stereocenters. The van der Waals surface area contributed by atoms with Crippen molar-refractivity contribution < 1.29 is 43.3 Å². The lowest BCUT2D eigenvalue weighted by Crippen LogP contribution is -2.47. The molecule has 0 bridgehead atoms. The Bertz CT molecular complexity index is 547. The number of sulfonamides is 2. The normalized spacial score (nSPS) is 14.2. The minimum atomic E-state index is -6.13. The zero-order valence-corrected chi connectivity index (χ0v) is 15.4. The molecule has 0 rings (SSSR count). The second-order valence-corrected chi connectivity index (χ2v) is 10.3. The van der Waals surface area contributed by atoms with Crippen molar-refractivity contribution in [1.29, 1.82) is 0 Å². The van der Waals surface area contributed by atoms with Gasteiger partial charge < -0.3 is 17.4 Å². The molecule has 0 N–H and O–H groups in total. The van der Waals surface area contributed by atoms with E-state index in [1.54, 1.807) is 20.8 Å². The van der Waals surface area contributed by atoms with E-state index in [0.717, 1.165) is 0 Å². The predicted octanol–water partition coefficient (Wildman–Crippen LogP) is 1.59. The Labute approximate surface area is 134 Å². The third-order valence-electron chi connectivity index (χ3n) is 2.26. The van der Waals surface area contributed by atoms with Crippen LogP contribution in [-0.2, 0) is 33.3 Å². The second kappa shape index (κ2) is 8.73. The first-order chi connectivity index (χ1) is 10.3. The van der Waals surface area contributed by atoms with Gasteiger partial charge in [-0.3, -0.25) is 0 Å². The van der Waals surface area contributed by atoms with Crippen LogP contribution in [0.1, 0.15) is 20.8 Å². The fourth-order valence-corrected chi connectivity index (χ4v) is 7.35. The van der Waals surface area contributed by atoms with Crippen molar-refractivity contribution in [3.63, 3.8) is 0 Å². The number of nitrogens with zero attached hydrogens (tertiary/aromatic N) is 1. The van der Waals surface area contributed by atoms with Gasteiger partial charge >= 0.3 is 14.3 Å². The molecule has 0 aromatic rings. The lowest BCUT2D eigenvalue weighted by atomic mass is 10.9. The van der Waals surface area contributed by atoms with Crippen LogP contribution in [-0.4, -0.2) is 56.7 Å². The molecule has 0 fully saturated rings. The van der Waals surface area contributed by atoms with Crippen LogP contribution < -0.4 is 0 Å². The van der Waals surface area contributed by atoms with Crippen LogP contribution in [0.5, 0.6) is 0 Å². The molecule has 0 saturated carbocycles. The highest BCUT2D eigenvalue weighted by atomic mass is 32.3. The van der Waals surface area contributed by atoms with E-state index in [1.165, 1.54) is 0 Å². The standard InChI is InChI=1S/C9H19F3NO7S2Si/c1-4-18-23(19-5-2,20-6-3)8-7-21(14,15)13-22(16,17)9(10,11)12/h4-8H2,1-3H3/q-1. The van der Waals surface area contributed by atoms with E-state index in [0.29, 0.717) is 0 Å². The third-order valence-corrected chi connectivity index (χ3v) is 8.67. The van der Waals surface area contributed by atoms with Crippen LogP contribution in [0.4, 0.5) is 13.2 Å². The van der Waals surface area contributed by atoms with Gasteiger partial charge in [0.25, 0.3) is 0 Å². The summed E-state index contributed by atoms with van der Waals surface area (Å²) in [6.45, 7) is 5.20. The molecule has 140 valence electrons. The van der Waals surface area contributed by atoms with Crippen molar-refractivity contribution >= 4 is 28.9 Å². The third kappa shape index (κ3) is 7.45. The molecule has 0 spiro atoms. The van der Waals surface area contributed by atoms with Gasteiger partial charge in [-0.1, -0.05) is 0 Å². The Morgan fingerprint density at radius 3 is 1.61 bits per heavy atom. The summed E-state index contributed by atoms with van der Waals surface area (Å²) in [6, 6.07) is -0.415. The first-order valence-corrected chi connectivity index (χ1v) is 11.5. The van der Waals surface area contributed by atoms with Crippen LogP contribution in [0.15, 0.2) is 0 Å². The Morgan fingerprint density at radius 2 is 1.30 bits per heavy atom. The first-order valence-electron chi connectivity index (χ1n) is 6.54. The lowest BCUT2D eigenvalue weighted by Gasteiger charge is -2.29. The maximum atomic E-state index is 12.2. The molecule has 0 saturated heterocycles. The molecule has 0 aromatic carbocycles. The largest absolute Gasteiger partial charge is 0.501 e. The number of hydrogen-bond donors (Lipinski definition) is 0. The first kappa shape index (κ1) is 22.7. The molecule has 0 aliphatic rings. The van der Waals surface area contributed by atoms with E-state index >= 15 is 0 Å². The van der Waals surface area contributed by atoms with Crippen molar-refractivity contribution in [2.24, 2.45) is 0 Å². The summed E-state index contributed by atoms with van der Waals surface area (Å²) in [6.07, 6.45) is 0. The van der Waals surface area contributed by atoms with Gasteiger partial charge in [0.1, 0.15) is 0 Å². The Kier molecular flexibility index (Phi) is 8.63. The summed E-state index contributed by atoms with van der Waals surface area (Å²) >= 11 is 0. The van der Waals surface area contributed by atoms with Gasteiger partial charge in [0, 0.05) is 31.6 Å². The zero-order chi connectivity index (χ0) is 18.4. The number of halogens is 3. The maximum Gasteiger partial charge on any atom is 0.501 e. The quantitative estimate of drug-likeness (QED) is 0.483. The van der Waals surface area contributed by atoms with Gasteiger partial charge in [-0.05, 0) is 20.8 Å². The maximum absolute atomic E-state index is 12.2. The molecule has 23 heavy (non-hydrogen) atoms. The van der Waals surface area contributed by atoms with Crippen molar-refractivity contribution in [3.05, 3.63) is 4.13 Å². The summed E-state index contributed by atoms with van der Waals surface area (Å²) in [4.78, 5) is 0. The SMILES string of the molecule is CCO[Si](CCS(=O)(=O)[N-]S(=O)(=O)C(F)(F)F)(OCC)OCC. The number of hydrogen-bond acceptors (Lipinski definition) is 7. The summed E-state index contributed by atoms with van der Waals surface area (Å²) in [5.41, 5.74) is -5.78. The minimum Gasteiger partial charge on any atom is -0.428 e. The molecule has 0 unspecified atom stereocenters. The van der Waals surface area contributed by atoms with Crippen LogP contribution in [0.3, 0.4) is 0 Å². The molecule has 0 amide bonds. The van der Waals surface area contributed by atoms with Gasteiger partial charge in [-0.2, -0.15) is 13.2 Å². The molecular weight excluding hydrogens is 383 g/mol. The average Bonchev–Trinajstić information content (AvgIpc) is 2.35. The van der Waals surface area contributed by atoms with Crippen LogP contribution in [0.2, 0.25) is 6.04 Å². The van der Waals surface area contributed by atoms with E-state index in [9.17, 15) is 30.0 Å². The average molecular weight is 402 g/mol. The Balaban J connectivity index is 5.15. The molecule has 14 heteroatoms. The second-order valence-electron chi connectivity index (χ2n) is 4.01. The molecule has 8 nitrogen and oxygen atoms in total. The number of alkyl halides is 3. The summed E-state index contributed by atoms with van der Waals surface area (Å²) < 4.78 is 99.3. The van der Waals surface area contributed by atoms with Crippen LogP contribution in [0, 0.1) is 0 Å². The van der Waals surface area contributed by atoms with E-state index in [-0.39, 0.29) is 19.8 Å². The topological polar surface area (TPSA) is 110 Å². The van der Waals surface area contributed by atoms with E-state index in [2.05, 4.69) is 0 Å². The van der Waals surface area contributed by atoms with Gasteiger partial charge in [-0.15, -0.1) is 0 Å². The van der Waals surface area contributed by atoms with Gasteiger partial charge in [0.05, 0.1) is 10.0 Å². The highest BCUT2D eigenvalue weighted by Crippen LogP contribution is 2.31. The highest BCUT2D eigenvalue weighted by Gasteiger charge is 2.43. The van der Waals surface area contributed by atoms with Crippen molar-refractivity contribution in [2.45, 2.75) is 32.3 Å². The smallest absolute Gasteiger partial charge is 0.428 e. The molecule has 0 aliphatic heterocycles. The fraction of sp³-hybridized carbons (Fsp3) is 1.00. The van der Waals surface area contributed by atoms with Gasteiger partial charge in [0.2, 0.25) is 0 Å². The lowest BCUT2D eigenvalue weighted by molar-refractivity contribution is -0.0425. The van der Waals surface area contributed by atoms with Crippen LogP contribution >= 0.6 is 0 Å². The molecule has 0 radical (unpaired) electrons. The molecule has 0 aliphatic carbocycles. The van der Waals surface area contributed by atoms with E-state index in [1.807, 2.05) is 4.13 Å². The Morgan fingerprint density at radius 1 is 0.913 bits per heavy atom. The van der Waals surface area contributed by atoms with Crippen LogP contribution in [0.25, 0.3) is 4.13 Å². The Hall–Kier alpha value is -0.253. The highest BCUT2D eigenvalue weighted by molar-refractivity contribution is 8.12. The summed E-state index contributed by atoms with van der Waals surface area (Å²) in [5, 5.41) is 0. The van der Waals surface area contributed by atoms with Crippen molar-refractivity contribution in [2.75, 3.05) is 25.6 Å².